The van der Waals surface area contributed by atoms with Crippen LogP contribution < -0.4 is 0 Å². The van der Waals surface area contributed by atoms with Crippen molar-refractivity contribution in [3.63, 3.8) is 0 Å². The van der Waals surface area contributed by atoms with Gasteiger partial charge in [-0.25, -0.2) is 4.98 Å². The molecule has 2 heterocycles. The molecule has 0 radical (unpaired) electrons. The van der Waals surface area contributed by atoms with E-state index in [4.69, 9.17) is 0 Å². The van der Waals surface area contributed by atoms with Crippen molar-refractivity contribution in [1.29, 1.82) is 0 Å². The maximum absolute atomic E-state index is 4.42. The van der Waals surface area contributed by atoms with E-state index in [-0.39, 0.29) is 0 Å². The first-order valence-electron chi connectivity index (χ1n) is 5.03. The van der Waals surface area contributed by atoms with Gasteiger partial charge in [-0.1, -0.05) is 18.2 Å². The van der Waals surface area contributed by atoms with Crippen LogP contribution in [0.15, 0.2) is 59.3 Å². The van der Waals surface area contributed by atoms with Crippen molar-refractivity contribution in [3.8, 4) is 5.69 Å². The van der Waals surface area contributed by atoms with Crippen molar-refractivity contribution >= 4 is 27.0 Å². The van der Waals surface area contributed by atoms with Crippen molar-refractivity contribution in [2.75, 3.05) is 0 Å². The lowest BCUT2D eigenvalue weighted by atomic mass is 10.3. The second-order valence-electron chi connectivity index (χ2n) is 3.56. The largest absolute Gasteiger partial charge is 0.315 e. The van der Waals surface area contributed by atoms with Gasteiger partial charge in [-0.15, -0.1) is 0 Å². The molecule has 0 N–H and O–H groups in total. The molecule has 1 aromatic carbocycles. The normalized spacial score (nSPS) is 10.8. The standard InChI is InChI=1S/C13H9BrN2/c14-13-7-6-12-11(15-13)8-9-16(12)10-4-2-1-3-5-10/h1-9H. The molecule has 3 aromatic rings. The lowest BCUT2D eigenvalue weighted by Crippen LogP contribution is -1.90. The Morgan fingerprint density at radius 1 is 0.938 bits per heavy atom. The van der Waals surface area contributed by atoms with Crippen LogP contribution in [0.4, 0.5) is 0 Å². The number of fused-ring (bicyclic) bond motifs is 1. The highest BCUT2D eigenvalue weighted by molar-refractivity contribution is 9.10. The summed E-state index contributed by atoms with van der Waals surface area (Å²) in [6.45, 7) is 0. The van der Waals surface area contributed by atoms with Gasteiger partial charge in [0.1, 0.15) is 4.60 Å². The molecule has 0 atom stereocenters. The second-order valence-corrected chi connectivity index (χ2v) is 4.37. The molecule has 2 nitrogen and oxygen atoms in total. The number of para-hydroxylation sites is 1. The Kier molecular flexibility index (Phi) is 2.26. The van der Waals surface area contributed by atoms with E-state index in [2.05, 4.69) is 43.7 Å². The Hall–Kier alpha value is -1.61. The van der Waals surface area contributed by atoms with E-state index in [0.29, 0.717) is 0 Å². The maximum Gasteiger partial charge on any atom is 0.106 e. The zero-order valence-electron chi connectivity index (χ0n) is 8.47. The first kappa shape index (κ1) is 9.60. The lowest BCUT2D eigenvalue weighted by molar-refractivity contribution is 1.12. The molecule has 0 bridgehead atoms. The molecule has 0 fully saturated rings. The molecule has 0 aliphatic rings. The molecule has 78 valence electrons. The van der Waals surface area contributed by atoms with Gasteiger partial charge in [-0.3, -0.25) is 0 Å². The summed E-state index contributed by atoms with van der Waals surface area (Å²) in [5, 5.41) is 0. The SMILES string of the molecule is Brc1ccc2c(ccn2-c2ccccc2)n1. The van der Waals surface area contributed by atoms with Crippen LogP contribution in [-0.4, -0.2) is 9.55 Å². The fourth-order valence-corrected chi connectivity index (χ4v) is 2.13. The van der Waals surface area contributed by atoms with Crippen LogP contribution in [0.25, 0.3) is 16.7 Å². The van der Waals surface area contributed by atoms with Crippen LogP contribution in [0, 0.1) is 0 Å². The number of aromatic nitrogens is 2. The summed E-state index contributed by atoms with van der Waals surface area (Å²) >= 11 is 3.38. The topological polar surface area (TPSA) is 17.8 Å². The number of benzene rings is 1. The average Bonchev–Trinajstić information content (AvgIpc) is 2.73. The third-order valence-electron chi connectivity index (χ3n) is 2.54. The molecule has 2 aromatic heterocycles. The van der Waals surface area contributed by atoms with Gasteiger partial charge < -0.3 is 4.57 Å². The van der Waals surface area contributed by atoms with Gasteiger partial charge in [0.15, 0.2) is 0 Å². The van der Waals surface area contributed by atoms with E-state index in [0.717, 1.165) is 21.3 Å². The summed E-state index contributed by atoms with van der Waals surface area (Å²) in [4.78, 5) is 4.42. The Labute approximate surface area is 102 Å². The van der Waals surface area contributed by atoms with Crippen LogP contribution in [0.5, 0.6) is 0 Å². The summed E-state index contributed by atoms with van der Waals surface area (Å²) in [6, 6.07) is 16.3. The Bertz CT molecular complexity index is 629. The van der Waals surface area contributed by atoms with E-state index in [1.165, 1.54) is 0 Å². The van der Waals surface area contributed by atoms with Crippen LogP contribution >= 0.6 is 15.9 Å². The summed E-state index contributed by atoms with van der Waals surface area (Å²) in [5.41, 5.74) is 3.27. The van der Waals surface area contributed by atoms with Gasteiger partial charge in [0, 0.05) is 11.9 Å². The van der Waals surface area contributed by atoms with Gasteiger partial charge in [-0.2, -0.15) is 0 Å². The molecule has 3 heteroatoms. The third-order valence-corrected chi connectivity index (χ3v) is 2.99. The van der Waals surface area contributed by atoms with Crippen LogP contribution in [0.1, 0.15) is 0 Å². The summed E-state index contributed by atoms with van der Waals surface area (Å²) in [6.07, 6.45) is 2.04. The first-order valence-corrected chi connectivity index (χ1v) is 5.83. The first-order chi connectivity index (χ1) is 7.84. The van der Waals surface area contributed by atoms with E-state index < -0.39 is 0 Å². The van der Waals surface area contributed by atoms with Crippen molar-refractivity contribution in [2.45, 2.75) is 0 Å². The van der Waals surface area contributed by atoms with E-state index in [9.17, 15) is 0 Å². The highest BCUT2D eigenvalue weighted by Crippen LogP contribution is 2.20. The van der Waals surface area contributed by atoms with E-state index in [1.807, 2.05) is 36.5 Å². The molecular formula is C13H9BrN2. The Balaban J connectivity index is 2.26. The fraction of sp³-hybridized carbons (Fsp3) is 0. The number of halogens is 1. The maximum atomic E-state index is 4.42. The molecular weight excluding hydrogens is 264 g/mol. The highest BCUT2D eigenvalue weighted by atomic mass is 79.9. The zero-order valence-corrected chi connectivity index (χ0v) is 10.1. The monoisotopic (exact) mass is 272 g/mol. The van der Waals surface area contributed by atoms with Gasteiger partial charge in [0.25, 0.3) is 0 Å². The summed E-state index contributed by atoms with van der Waals surface area (Å²) < 4.78 is 3.00. The minimum Gasteiger partial charge on any atom is -0.315 e. The molecule has 0 spiro atoms. The number of pyridine rings is 1. The Morgan fingerprint density at radius 3 is 2.56 bits per heavy atom. The fourth-order valence-electron chi connectivity index (χ4n) is 1.81. The number of nitrogens with zero attached hydrogens (tertiary/aromatic N) is 2. The lowest BCUT2D eigenvalue weighted by Gasteiger charge is -2.04. The van der Waals surface area contributed by atoms with E-state index in [1.54, 1.807) is 0 Å². The number of hydrogen-bond acceptors (Lipinski definition) is 1. The minimum atomic E-state index is 0.866. The third kappa shape index (κ3) is 1.53. The van der Waals surface area contributed by atoms with Crippen LogP contribution in [-0.2, 0) is 0 Å². The molecule has 3 rings (SSSR count). The molecule has 0 saturated heterocycles. The van der Waals surface area contributed by atoms with Crippen molar-refractivity contribution in [2.24, 2.45) is 0 Å². The second kappa shape index (κ2) is 3.76. The molecule has 0 saturated carbocycles. The van der Waals surface area contributed by atoms with Gasteiger partial charge >= 0.3 is 0 Å². The van der Waals surface area contributed by atoms with E-state index >= 15 is 0 Å². The smallest absolute Gasteiger partial charge is 0.106 e. The molecule has 0 aliphatic heterocycles. The van der Waals surface area contributed by atoms with Gasteiger partial charge in [-0.05, 0) is 46.3 Å². The average molecular weight is 273 g/mol. The number of hydrogen-bond donors (Lipinski definition) is 0. The van der Waals surface area contributed by atoms with Gasteiger partial charge in [0.05, 0.1) is 11.0 Å². The predicted octanol–water partition coefficient (Wildman–Crippen LogP) is 3.79. The number of rotatable bonds is 1. The van der Waals surface area contributed by atoms with Crippen molar-refractivity contribution in [1.82, 2.24) is 9.55 Å². The van der Waals surface area contributed by atoms with Crippen LogP contribution in [0.2, 0.25) is 0 Å². The van der Waals surface area contributed by atoms with Crippen molar-refractivity contribution < 1.29 is 0 Å². The zero-order chi connectivity index (χ0) is 11.0. The summed E-state index contributed by atoms with van der Waals surface area (Å²) in [7, 11) is 0. The predicted molar refractivity (Wildman–Crippen MR) is 68.8 cm³/mol. The van der Waals surface area contributed by atoms with Gasteiger partial charge in [0.2, 0.25) is 0 Å². The molecule has 0 aliphatic carbocycles. The Morgan fingerprint density at radius 2 is 1.75 bits per heavy atom. The highest BCUT2D eigenvalue weighted by Gasteiger charge is 2.03. The molecule has 0 unspecified atom stereocenters. The van der Waals surface area contributed by atoms with Crippen LogP contribution in [0.3, 0.4) is 0 Å². The minimum absolute atomic E-state index is 0.866. The summed E-state index contributed by atoms with van der Waals surface area (Å²) in [5.74, 6) is 0. The quantitative estimate of drug-likeness (QED) is 0.617. The molecule has 0 amide bonds. The molecule has 16 heavy (non-hydrogen) atoms. The van der Waals surface area contributed by atoms with Crippen molar-refractivity contribution in [3.05, 3.63) is 59.3 Å².